The van der Waals surface area contributed by atoms with E-state index in [9.17, 15) is 8.42 Å². The molecule has 0 aliphatic rings. The van der Waals surface area contributed by atoms with Crippen molar-refractivity contribution in [1.82, 2.24) is 9.97 Å². The van der Waals surface area contributed by atoms with Gasteiger partial charge in [-0.3, -0.25) is 14.5 Å². The summed E-state index contributed by atoms with van der Waals surface area (Å²) in [5, 5.41) is 2.28. The van der Waals surface area contributed by atoms with Gasteiger partial charge in [-0.15, -0.1) is 0 Å². The normalized spacial score (nSPS) is 11.0. The third kappa shape index (κ3) is 3.56. The molecule has 6 heteroatoms. The van der Waals surface area contributed by atoms with Crippen LogP contribution in [0.2, 0.25) is 0 Å². The molecule has 4 rings (SSSR count). The van der Waals surface area contributed by atoms with Gasteiger partial charge < -0.3 is 0 Å². The van der Waals surface area contributed by atoms with E-state index in [-0.39, 0.29) is 4.90 Å². The maximum absolute atomic E-state index is 10.4. The van der Waals surface area contributed by atoms with Crippen LogP contribution >= 0.6 is 0 Å². The van der Waals surface area contributed by atoms with Gasteiger partial charge in [-0.1, -0.05) is 42.5 Å². The summed E-state index contributed by atoms with van der Waals surface area (Å²) in [6.45, 7) is 0. The van der Waals surface area contributed by atoms with Gasteiger partial charge in [0.05, 0.1) is 15.9 Å². The third-order valence-electron chi connectivity index (χ3n) is 3.39. The minimum absolute atomic E-state index is 0.0741. The summed E-state index contributed by atoms with van der Waals surface area (Å²) >= 11 is 0. The molecule has 0 aliphatic carbocycles. The fourth-order valence-corrected chi connectivity index (χ4v) is 2.77. The van der Waals surface area contributed by atoms with E-state index in [0.717, 1.165) is 21.8 Å². The SMILES string of the molecule is O=S(=O)(O)c1ccccc1.c1cnc2c(c1)ccc1cccnc12. The van der Waals surface area contributed by atoms with Crippen LogP contribution in [0.5, 0.6) is 0 Å². The Bertz CT molecular complexity index is 1030. The molecule has 5 nitrogen and oxygen atoms in total. The lowest BCUT2D eigenvalue weighted by Crippen LogP contribution is -1.96. The molecule has 1 N–H and O–H groups in total. The molecule has 0 saturated heterocycles. The average molecular weight is 338 g/mol. The van der Waals surface area contributed by atoms with Crippen molar-refractivity contribution in [2.75, 3.05) is 0 Å². The highest BCUT2D eigenvalue weighted by Crippen LogP contribution is 2.20. The van der Waals surface area contributed by atoms with Crippen LogP contribution in [0.3, 0.4) is 0 Å². The van der Waals surface area contributed by atoms with Gasteiger partial charge >= 0.3 is 0 Å². The molecule has 2 aromatic carbocycles. The molecule has 0 aliphatic heterocycles. The van der Waals surface area contributed by atoms with Crippen LogP contribution in [0.4, 0.5) is 0 Å². The topological polar surface area (TPSA) is 80.2 Å². The predicted octanol–water partition coefficient (Wildman–Crippen LogP) is 3.72. The van der Waals surface area contributed by atoms with Gasteiger partial charge in [-0.05, 0) is 24.3 Å². The zero-order valence-electron chi connectivity index (χ0n) is 12.6. The van der Waals surface area contributed by atoms with Crippen molar-refractivity contribution >= 4 is 31.9 Å². The van der Waals surface area contributed by atoms with Crippen LogP contribution in [0.1, 0.15) is 0 Å². The van der Waals surface area contributed by atoms with Gasteiger partial charge in [0.2, 0.25) is 0 Å². The number of hydrogen-bond donors (Lipinski definition) is 1. The molecule has 2 heterocycles. The van der Waals surface area contributed by atoms with E-state index in [4.69, 9.17) is 4.55 Å². The quantitative estimate of drug-likeness (QED) is 0.423. The molecular formula is C18H14N2O3S. The first-order valence-corrected chi connectivity index (χ1v) is 8.61. The van der Waals surface area contributed by atoms with E-state index in [1.807, 2.05) is 12.1 Å². The molecule has 120 valence electrons. The van der Waals surface area contributed by atoms with Crippen molar-refractivity contribution in [3.63, 3.8) is 0 Å². The number of benzene rings is 2. The lowest BCUT2D eigenvalue weighted by molar-refractivity contribution is 0.483. The molecule has 0 saturated carbocycles. The summed E-state index contributed by atoms with van der Waals surface area (Å²) in [6, 6.07) is 19.6. The summed E-state index contributed by atoms with van der Waals surface area (Å²) in [5.74, 6) is 0. The molecule has 24 heavy (non-hydrogen) atoms. The summed E-state index contributed by atoms with van der Waals surface area (Å²) < 4.78 is 29.2. The van der Waals surface area contributed by atoms with E-state index in [1.54, 1.807) is 30.6 Å². The Morgan fingerprint density at radius 3 is 1.58 bits per heavy atom. The lowest BCUT2D eigenvalue weighted by atomic mass is 10.1. The number of fused-ring (bicyclic) bond motifs is 3. The second kappa shape index (κ2) is 6.74. The average Bonchev–Trinajstić information content (AvgIpc) is 2.62. The minimum Gasteiger partial charge on any atom is -0.282 e. The van der Waals surface area contributed by atoms with Gasteiger partial charge in [0.25, 0.3) is 10.1 Å². The minimum atomic E-state index is -4.00. The Balaban J connectivity index is 0.000000150. The summed E-state index contributed by atoms with van der Waals surface area (Å²) in [5.41, 5.74) is 1.95. The molecule has 2 aromatic heterocycles. The summed E-state index contributed by atoms with van der Waals surface area (Å²) in [6.07, 6.45) is 3.60. The fraction of sp³-hybridized carbons (Fsp3) is 0. The largest absolute Gasteiger partial charge is 0.294 e. The van der Waals surface area contributed by atoms with Crippen LogP contribution in [0, 0.1) is 0 Å². The molecule has 0 amide bonds. The first kappa shape index (κ1) is 16.0. The van der Waals surface area contributed by atoms with Gasteiger partial charge in [0.1, 0.15) is 0 Å². The van der Waals surface area contributed by atoms with Crippen molar-refractivity contribution in [2.24, 2.45) is 0 Å². The summed E-state index contributed by atoms with van der Waals surface area (Å²) in [4.78, 5) is 8.62. The van der Waals surface area contributed by atoms with E-state index in [2.05, 4.69) is 34.2 Å². The van der Waals surface area contributed by atoms with E-state index >= 15 is 0 Å². The van der Waals surface area contributed by atoms with Gasteiger partial charge in [-0.25, -0.2) is 0 Å². The molecule has 0 atom stereocenters. The zero-order valence-corrected chi connectivity index (χ0v) is 13.4. The number of aromatic nitrogens is 2. The molecule has 0 unspecified atom stereocenters. The van der Waals surface area contributed by atoms with E-state index < -0.39 is 10.1 Å². The first-order chi connectivity index (χ1) is 11.6. The van der Waals surface area contributed by atoms with Crippen LogP contribution in [-0.2, 0) is 10.1 Å². The van der Waals surface area contributed by atoms with Gasteiger partial charge in [0.15, 0.2) is 0 Å². The Morgan fingerprint density at radius 1 is 0.667 bits per heavy atom. The highest BCUT2D eigenvalue weighted by atomic mass is 32.2. The molecule has 4 aromatic rings. The maximum atomic E-state index is 10.4. The third-order valence-corrected chi connectivity index (χ3v) is 4.25. The maximum Gasteiger partial charge on any atom is 0.294 e. The van der Waals surface area contributed by atoms with Crippen molar-refractivity contribution in [3.8, 4) is 0 Å². The standard InChI is InChI=1S/C12H8N2.C6H6O3S/c1-3-9-5-6-10-4-2-8-14-12(10)11(9)13-7-1;7-10(8,9)6-4-2-1-3-5-6/h1-8H;1-5H,(H,7,8,9). The van der Waals surface area contributed by atoms with Crippen LogP contribution in [0.25, 0.3) is 21.8 Å². The number of hydrogen-bond acceptors (Lipinski definition) is 4. The Labute approximate surface area is 139 Å². The van der Waals surface area contributed by atoms with Crippen molar-refractivity contribution < 1.29 is 13.0 Å². The predicted molar refractivity (Wildman–Crippen MR) is 93.3 cm³/mol. The monoisotopic (exact) mass is 338 g/mol. The van der Waals surface area contributed by atoms with Crippen molar-refractivity contribution in [1.29, 1.82) is 0 Å². The highest BCUT2D eigenvalue weighted by molar-refractivity contribution is 7.85. The molecular weight excluding hydrogens is 324 g/mol. The number of nitrogens with zero attached hydrogens (tertiary/aromatic N) is 2. The molecule has 0 bridgehead atoms. The second-order valence-corrected chi connectivity index (χ2v) is 6.43. The summed E-state index contributed by atoms with van der Waals surface area (Å²) in [7, 11) is -4.00. The number of rotatable bonds is 1. The van der Waals surface area contributed by atoms with E-state index in [0.29, 0.717) is 0 Å². The van der Waals surface area contributed by atoms with Crippen LogP contribution in [-0.4, -0.2) is 22.9 Å². The molecule has 0 fully saturated rings. The fourth-order valence-electron chi connectivity index (χ4n) is 2.27. The lowest BCUT2D eigenvalue weighted by Gasteiger charge is -2.00. The first-order valence-electron chi connectivity index (χ1n) is 7.17. The Hall–Kier alpha value is -2.83. The van der Waals surface area contributed by atoms with Crippen molar-refractivity contribution in [2.45, 2.75) is 4.90 Å². The van der Waals surface area contributed by atoms with E-state index in [1.165, 1.54) is 12.1 Å². The Morgan fingerprint density at radius 2 is 1.17 bits per heavy atom. The Kier molecular flexibility index (Phi) is 4.50. The molecule has 0 radical (unpaired) electrons. The molecule has 0 spiro atoms. The van der Waals surface area contributed by atoms with Gasteiger partial charge in [-0.2, -0.15) is 8.42 Å². The second-order valence-electron chi connectivity index (χ2n) is 5.00. The van der Waals surface area contributed by atoms with Crippen LogP contribution in [0.15, 0.2) is 84.0 Å². The van der Waals surface area contributed by atoms with Crippen molar-refractivity contribution in [3.05, 3.63) is 79.1 Å². The van der Waals surface area contributed by atoms with Crippen LogP contribution < -0.4 is 0 Å². The zero-order chi connectivity index (χ0) is 17.0. The smallest absolute Gasteiger partial charge is 0.282 e. The van der Waals surface area contributed by atoms with Gasteiger partial charge in [0, 0.05) is 23.2 Å². The highest BCUT2D eigenvalue weighted by Gasteiger charge is 2.05. The number of pyridine rings is 2.